The molecule has 8 heteroatoms. The van der Waals surface area contributed by atoms with Gasteiger partial charge in [-0.05, 0) is 24.1 Å². The molecule has 5 nitrogen and oxygen atoms in total. The monoisotopic (exact) mass is 390 g/mol. The van der Waals surface area contributed by atoms with E-state index in [0.717, 1.165) is 40.6 Å². The van der Waals surface area contributed by atoms with Gasteiger partial charge < -0.3 is 10.3 Å². The van der Waals surface area contributed by atoms with Crippen LogP contribution in [-0.2, 0) is 5.75 Å². The van der Waals surface area contributed by atoms with Gasteiger partial charge in [-0.15, -0.1) is 11.3 Å². The summed E-state index contributed by atoms with van der Waals surface area (Å²) in [7, 11) is 0. The van der Waals surface area contributed by atoms with Crippen molar-refractivity contribution in [2.24, 2.45) is 4.99 Å². The summed E-state index contributed by atoms with van der Waals surface area (Å²) in [5.41, 5.74) is 1.75. The van der Waals surface area contributed by atoms with E-state index in [4.69, 9.17) is 11.6 Å². The third kappa shape index (κ3) is 3.58. The Balaban J connectivity index is 1.64. The Kier molecular flexibility index (Phi) is 4.78. The molecule has 1 aliphatic heterocycles. The molecule has 3 heterocycles. The second-order valence-electron chi connectivity index (χ2n) is 5.60. The molecule has 0 aliphatic carbocycles. The number of amidine groups is 1. The van der Waals surface area contributed by atoms with Crippen molar-refractivity contribution in [1.82, 2.24) is 15.3 Å². The summed E-state index contributed by atoms with van der Waals surface area (Å²) in [6.45, 7) is 1.80. The number of fused-ring (bicyclic) bond motifs is 1. The van der Waals surface area contributed by atoms with Gasteiger partial charge in [-0.1, -0.05) is 35.5 Å². The van der Waals surface area contributed by atoms with Crippen LogP contribution in [0.3, 0.4) is 0 Å². The molecule has 25 heavy (non-hydrogen) atoms. The lowest BCUT2D eigenvalue weighted by atomic mass is 10.1. The molecule has 1 aromatic carbocycles. The van der Waals surface area contributed by atoms with E-state index in [1.807, 2.05) is 29.6 Å². The number of aliphatic imine (C=N–C) groups is 1. The number of thiophene rings is 1. The van der Waals surface area contributed by atoms with E-state index in [1.54, 1.807) is 11.8 Å². The molecule has 0 fully saturated rings. The van der Waals surface area contributed by atoms with Gasteiger partial charge in [-0.2, -0.15) is 0 Å². The minimum atomic E-state index is -0.106. The summed E-state index contributed by atoms with van der Waals surface area (Å²) >= 11 is 9.00. The van der Waals surface area contributed by atoms with Crippen molar-refractivity contribution in [3.05, 3.63) is 50.8 Å². The van der Waals surface area contributed by atoms with Crippen LogP contribution in [0, 0.1) is 0 Å². The highest BCUT2D eigenvalue weighted by Gasteiger charge is 2.14. The maximum atomic E-state index is 12.6. The molecule has 0 amide bonds. The van der Waals surface area contributed by atoms with E-state index in [2.05, 4.69) is 20.3 Å². The van der Waals surface area contributed by atoms with Crippen molar-refractivity contribution in [1.29, 1.82) is 0 Å². The van der Waals surface area contributed by atoms with E-state index in [1.165, 1.54) is 11.3 Å². The second kappa shape index (κ2) is 7.19. The first-order valence-electron chi connectivity index (χ1n) is 7.88. The van der Waals surface area contributed by atoms with Gasteiger partial charge in [0.1, 0.15) is 10.7 Å². The quantitative estimate of drug-likeness (QED) is 0.711. The molecule has 0 spiro atoms. The van der Waals surface area contributed by atoms with Gasteiger partial charge in [0, 0.05) is 29.1 Å². The molecule has 0 atom stereocenters. The number of benzene rings is 1. The highest BCUT2D eigenvalue weighted by molar-refractivity contribution is 8.13. The van der Waals surface area contributed by atoms with Crippen molar-refractivity contribution in [2.75, 3.05) is 13.1 Å². The zero-order chi connectivity index (χ0) is 17.2. The van der Waals surface area contributed by atoms with Gasteiger partial charge >= 0.3 is 0 Å². The number of H-pyrrole nitrogens is 1. The molecule has 0 radical (unpaired) electrons. The summed E-state index contributed by atoms with van der Waals surface area (Å²) in [4.78, 5) is 25.3. The van der Waals surface area contributed by atoms with Crippen molar-refractivity contribution >= 4 is 50.1 Å². The molecule has 128 valence electrons. The average Bonchev–Trinajstić information content (AvgIpc) is 3.06. The minimum absolute atomic E-state index is 0.106. The zero-order valence-electron chi connectivity index (χ0n) is 13.2. The third-order valence-corrected chi connectivity index (χ3v) is 5.95. The Labute approximate surface area is 157 Å². The molecule has 1 aliphatic rings. The Bertz CT molecular complexity index is 994. The van der Waals surface area contributed by atoms with Crippen molar-refractivity contribution in [2.45, 2.75) is 12.2 Å². The van der Waals surface area contributed by atoms with Crippen LogP contribution in [0.5, 0.6) is 0 Å². The van der Waals surface area contributed by atoms with Crippen molar-refractivity contribution in [3.8, 4) is 11.1 Å². The first-order valence-corrected chi connectivity index (χ1v) is 10.1. The predicted octanol–water partition coefficient (Wildman–Crippen LogP) is 3.89. The van der Waals surface area contributed by atoms with E-state index >= 15 is 0 Å². The summed E-state index contributed by atoms with van der Waals surface area (Å²) < 4.78 is 0. The maximum Gasteiger partial charge on any atom is 0.260 e. The molecule has 0 bridgehead atoms. The standard InChI is InChI=1S/C17H15ClN4OS2/c18-11-4-2-10(3-5-11)12-8-24-16-14(12)15(23)21-13(22-16)9-25-17-19-6-1-7-20-17/h2-5,8H,1,6-7,9H2,(H,19,20)(H,21,22,23). The van der Waals surface area contributed by atoms with Crippen LogP contribution < -0.4 is 10.9 Å². The third-order valence-electron chi connectivity index (χ3n) is 3.86. The summed E-state index contributed by atoms with van der Waals surface area (Å²) in [5.74, 6) is 1.26. The fourth-order valence-electron chi connectivity index (χ4n) is 2.65. The van der Waals surface area contributed by atoms with Crippen LogP contribution in [0.4, 0.5) is 0 Å². The van der Waals surface area contributed by atoms with Crippen LogP contribution in [0.1, 0.15) is 12.2 Å². The van der Waals surface area contributed by atoms with E-state index in [9.17, 15) is 4.79 Å². The molecule has 3 aromatic rings. The molecule has 0 saturated heterocycles. The number of nitrogens with zero attached hydrogens (tertiary/aromatic N) is 2. The van der Waals surface area contributed by atoms with Crippen LogP contribution in [-0.4, -0.2) is 28.2 Å². The Morgan fingerprint density at radius 3 is 2.88 bits per heavy atom. The molecule has 0 saturated carbocycles. The van der Waals surface area contributed by atoms with Gasteiger partial charge in [0.25, 0.3) is 5.56 Å². The lowest BCUT2D eigenvalue weighted by Crippen LogP contribution is -2.27. The van der Waals surface area contributed by atoms with Gasteiger partial charge in [0.15, 0.2) is 5.17 Å². The van der Waals surface area contributed by atoms with E-state index < -0.39 is 0 Å². The number of rotatable bonds is 3. The predicted molar refractivity (Wildman–Crippen MR) is 107 cm³/mol. The van der Waals surface area contributed by atoms with Gasteiger partial charge in [0.05, 0.1) is 11.1 Å². The summed E-state index contributed by atoms with van der Waals surface area (Å²) in [6.07, 6.45) is 1.06. The first kappa shape index (κ1) is 16.6. The number of aromatic nitrogens is 2. The van der Waals surface area contributed by atoms with Crippen LogP contribution in [0.25, 0.3) is 21.3 Å². The van der Waals surface area contributed by atoms with Crippen LogP contribution in [0.15, 0.2) is 39.4 Å². The molecule has 2 aromatic heterocycles. The minimum Gasteiger partial charge on any atom is -0.365 e. The lowest BCUT2D eigenvalue weighted by Gasteiger charge is -2.13. The molecular formula is C17H15ClN4OS2. The Morgan fingerprint density at radius 2 is 2.12 bits per heavy atom. The first-order chi connectivity index (χ1) is 12.2. The second-order valence-corrected chi connectivity index (χ2v) is 7.86. The normalized spacial score (nSPS) is 14.4. The maximum absolute atomic E-state index is 12.6. The topological polar surface area (TPSA) is 70.1 Å². The van der Waals surface area contributed by atoms with Crippen molar-refractivity contribution in [3.63, 3.8) is 0 Å². The Morgan fingerprint density at radius 1 is 1.28 bits per heavy atom. The number of thioether (sulfide) groups is 1. The van der Waals surface area contributed by atoms with Crippen LogP contribution in [0.2, 0.25) is 5.02 Å². The number of halogens is 1. The highest BCUT2D eigenvalue weighted by Crippen LogP contribution is 2.31. The number of aromatic amines is 1. The van der Waals surface area contributed by atoms with Gasteiger partial charge in [-0.3, -0.25) is 9.79 Å². The molecule has 0 unspecified atom stereocenters. The number of hydrogen-bond donors (Lipinski definition) is 2. The average molecular weight is 391 g/mol. The smallest absolute Gasteiger partial charge is 0.260 e. The number of nitrogens with one attached hydrogen (secondary N) is 2. The largest absolute Gasteiger partial charge is 0.365 e. The SMILES string of the molecule is O=c1[nH]c(CSC2=NCCCN2)nc2scc(-c3ccc(Cl)cc3)c12. The lowest BCUT2D eigenvalue weighted by molar-refractivity contribution is 0.751. The molecular weight excluding hydrogens is 376 g/mol. The number of hydrogen-bond acceptors (Lipinski definition) is 6. The summed E-state index contributed by atoms with van der Waals surface area (Å²) in [5, 5.41) is 7.46. The van der Waals surface area contributed by atoms with Crippen LogP contribution >= 0.6 is 34.7 Å². The van der Waals surface area contributed by atoms with Gasteiger partial charge in [0.2, 0.25) is 0 Å². The Hall–Kier alpha value is -1.83. The zero-order valence-corrected chi connectivity index (χ0v) is 15.6. The molecule has 4 rings (SSSR count). The van der Waals surface area contributed by atoms with Gasteiger partial charge in [-0.25, -0.2) is 4.98 Å². The van der Waals surface area contributed by atoms with Crippen molar-refractivity contribution < 1.29 is 0 Å². The fraction of sp³-hybridized carbons (Fsp3) is 0.235. The highest BCUT2D eigenvalue weighted by atomic mass is 35.5. The van der Waals surface area contributed by atoms with E-state index in [0.29, 0.717) is 22.0 Å². The molecule has 2 N–H and O–H groups in total. The van der Waals surface area contributed by atoms with E-state index in [-0.39, 0.29) is 5.56 Å². The fourth-order valence-corrected chi connectivity index (χ4v) is 4.54. The summed E-state index contributed by atoms with van der Waals surface area (Å²) in [6, 6.07) is 7.48.